The molecule has 0 aliphatic carbocycles. The summed E-state index contributed by atoms with van der Waals surface area (Å²) in [5.41, 5.74) is 2.02. The first-order valence-corrected chi connectivity index (χ1v) is 11.9. The second-order valence-electron chi connectivity index (χ2n) is 8.24. The van der Waals surface area contributed by atoms with Crippen LogP contribution in [-0.2, 0) is 6.42 Å². The lowest BCUT2D eigenvalue weighted by atomic mass is 9.99. The number of ketones is 1. The van der Waals surface area contributed by atoms with E-state index in [1.165, 1.54) is 56.7 Å². The van der Waals surface area contributed by atoms with Crippen LogP contribution in [0.4, 0.5) is 0 Å². The Bertz CT molecular complexity index is 826. The largest absolute Gasteiger partial charge is 0.306 e. The number of rotatable bonds is 15. The number of nitrogens with zero attached hydrogens (tertiary/aromatic N) is 1. The fourth-order valence-electron chi connectivity index (χ4n) is 3.82. The molecule has 0 atom stereocenters. The predicted molar refractivity (Wildman–Crippen MR) is 125 cm³/mol. The van der Waals surface area contributed by atoms with E-state index in [2.05, 4.69) is 29.9 Å². The Morgan fingerprint density at radius 3 is 2.20 bits per heavy atom. The highest BCUT2D eigenvalue weighted by atomic mass is 16.1. The third-order valence-electron chi connectivity index (χ3n) is 5.68. The fourth-order valence-corrected chi connectivity index (χ4v) is 3.82. The highest BCUT2D eigenvalue weighted by molar-refractivity contribution is 5.95. The number of hydrogen-bond acceptors (Lipinski definition) is 3. The summed E-state index contributed by atoms with van der Waals surface area (Å²) in [7, 11) is 0. The van der Waals surface area contributed by atoms with E-state index in [0.29, 0.717) is 12.2 Å². The molecule has 2 rings (SSSR count). The van der Waals surface area contributed by atoms with Gasteiger partial charge >= 0.3 is 0 Å². The smallest absolute Gasteiger partial charge is 0.262 e. The number of carbonyl (C=O) groups is 1. The van der Waals surface area contributed by atoms with Crippen molar-refractivity contribution in [3.63, 3.8) is 0 Å². The summed E-state index contributed by atoms with van der Waals surface area (Å²) in [5, 5.41) is 0. The zero-order chi connectivity index (χ0) is 21.6. The number of nitrogens with one attached hydrogen (secondary N) is 1. The van der Waals surface area contributed by atoms with Crippen LogP contribution in [0, 0.1) is 0 Å². The van der Waals surface area contributed by atoms with Gasteiger partial charge in [0.25, 0.3) is 5.56 Å². The van der Waals surface area contributed by atoms with E-state index in [4.69, 9.17) is 0 Å². The number of aromatic amines is 1. The van der Waals surface area contributed by atoms with Crippen molar-refractivity contribution in [1.29, 1.82) is 0 Å². The summed E-state index contributed by atoms with van der Waals surface area (Å²) in [6, 6.07) is 8.11. The Hall–Kier alpha value is -2.23. The molecule has 0 aliphatic heterocycles. The van der Waals surface area contributed by atoms with E-state index >= 15 is 0 Å². The fraction of sp³-hybridized carbons (Fsp3) is 0.577. The molecule has 0 radical (unpaired) electrons. The van der Waals surface area contributed by atoms with Crippen LogP contribution < -0.4 is 5.56 Å². The van der Waals surface area contributed by atoms with Crippen molar-refractivity contribution in [1.82, 2.24) is 9.97 Å². The van der Waals surface area contributed by atoms with Gasteiger partial charge in [-0.05, 0) is 24.8 Å². The summed E-state index contributed by atoms with van der Waals surface area (Å²) in [6.07, 6.45) is 15.8. The van der Waals surface area contributed by atoms with Crippen molar-refractivity contribution in [2.75, 3.05) is 0 Å². The van der Waals surface area contributed by atoms with Crippen molar-refractivity contribution < 1.29 is 4.79 Å². The Kier molecular flexibility index (Phi) is 11.1. The van der Waals surface area contributed by atoms with Gasteiger partial charge in [-0.1, -0.05) is 95.9 Å². The number of H-pyrrole nitrogens is 1. The van der Waals surface area contributed by atoms with Gasteiger partial charge < -0.3 is 4.98 Å². The normalized spacial score (nSPS) is 11.0. The summed E-state index contributed by atoms with van der Waals surface area (Å²) in [4.78, 5) is 32.2. The number of hydrogen-bond donors (Lipinski definition) is 1. The molecule has 1 aromatic carbocycles. The maximum Gasteiger partial charge on any atom is 0.262 e. The number of carbonyl (C=O) groups excluding carboxylic acids is 1. The SMILES string of the molecule is CCCCCCCCc1ccccc1-c1ncc(C(=O)CCCCCCC)c(=O)[nH]1. The molecule has 4 nitrogen and oxygen atoms in total. The molecule has 0 amide bonds. The first-order chi connectivity index (χ1) is 14.7. The molecule has 0 bridgehead atoms. The van der Waals surface area contributed by atoms with Gasteiger partial charge in [0.15, 0.2) is 5.78 Å². The monoisotopic (exact) mass is 410 g/mol. The first-order valence-electron chi connectivity index (χ1n) is 11.9. The molecule has 164 valence electrons. The molecule has 30 heavy (non-hydrogen) atoms. The maximum atomic E-state index is 12.5. The van der Waals surface area contributed by atoms with Crippen molar-refractivity contribution in [3.05, 3.63) is 51.9 Å². The highest BCUT2D eigenvalue weighted by Gasteiger charge is 2.14. The van der Waals surface area contributed by atoms with Gasteiger partial charge in [0.2, 0.25) is 0 Å². The van der Waals surface area contributed by atoms with Crippen LogP contribution in [0.15, 0.2) is 35.3 Å². The summed E-state index contributed by atoms with van der Waals surface area (Å²) >= 11 is 0. The molecule has 2 aromatic rings. The van der Waals surface area contributed by atoms with Crippen LogP contribution in [0.2, 0.25) is 0 Å². The Morgan fingerprint density at radius 1 is 0.867 bits per heavy atom. The zero-order valence-electron chi connectivity index (χ0n) is 18.8. The van der Waals surface area contributed by atoms with E-state index in [1.807, 2.05) is 18.2 Å². The van der Waals surface area contributed by atoms with E-state index < -0.39 is 0 Å². The van der Waals surface area contributed by atoms with Gasteiger partial charge in [-0.2, -0.15) is 0 Å². The molecular weight excluding hydrogens is 372 g/mol. The maximum absolute atomic E-state index is 12.5. The molecule has 1 heterocycles. The van der Waals surface area contributed by atoms with Crippen LogP contribution >= 0.6 is 0 Å². The molecule has 0 fully saturated rings. The Balaban J connectivity index is 1.99. The van der Waals surface area contributed by atoms with Gasteiger partial charge in [0.1, 0.15) is 11.4 Å². The van der Waals surface area contributed by atoms with Crippen LogP contribution in [0.25, 0.3) is 11.4 Å². The molecular formula is C26H38N2O2. The standard InChI is InChI=1S/C26H38N2O2/c1-3-5-7-9-11-12-16-21-17-14-15-18-22(21)25-27-20-23(26(30)28-25)24(29)19-13-10-8-6-4-2/h14-15,17-18,20H,3-13,16,19H2,1-2H3,(H,27,28,30). The highest BCUT2D eigenvalue weighted by Crippen LogP contribution is 2.22. The minimum atomic E-state index is -0.326. The molecule has 4 heteroatoms. The number of aryl methyl sites for hydroxylation is 1. The van der Waals surface area contributed by atoms with Crippen molar-refractivity contribution in [2.45, 2.75) is 97.3 Å². The lowest BCUT2D eigenvalue weighted by Gasteiger charge is -2.09. The van der Waals surface area contributed by atoms with E-state index in [0.717, 1.165) is 37.7 Å². The van der Waals surface area contributed by atoms with Crippen LogP contribution in [0.3, 0.4) is 0 Å². The summed E-state index contributed by atoms with van der Waals surface area (Å²) in [5.74, 6) is 0.452. The van der Waals surface area contributed by atoms with Gasteiger partial charge in [-0.15, -0.1) is 0 Å². The second-order valence-corrected chi connectivity index (χ2v) is 8.24. The zero-order valence-corrected chi connectivity index (χ0v) is 18.8. The van der Waals surface area contributed by atoms with Crippen LogP contribution in [0.5, 0.6) is 0 Å². The predicted octanol–water partition coefficient (Wildman–Crippen LogP) is 6.88. The second kappa shape index (κ2) is 13.9. The molecule has 0 saturated carbocycles. The average Bonchev–Trinajstić information content (AvgIpc) is 2.76. The van der Waals surface area contributed by atoms with E-state index in [-0.39, 0.29) is 16.9 Å². The Morgan fingerprint density at radius 2 is 1.50 bits per heavy atom. The molecule has 0 unspecified atom stereocenters. The number of aromatic nitrogens is 2. The number of Topliss-reactive ketones (excluding diaryl/α,β-unsaturated/α-hetero) is 1. The minimum Gasteiger partial charge on any atom is -0.306 e. The topological polar surface area (TPSA) is 62.8 Å². The van der Waals surface area contributed by atoms with Crippen molar-refractivity contribution in [2.24, 2.45) is 0 Å². The van der Waals surface area contributed by atoms with E-state index in [1.54, 1.807) is 0 Å². The summed E-state index contributed by atoms with van der Waals surface area (Å²) in [6.45, 7) is 4.40. The van der Waals surface area contributed by atoms with Crippen LogP contribution in [-0.4, -0.2) is 15.8 Å². The third-order valence-corrected chi connectivity index (χ3v) is 5.68. The third kappa shape index (κ3) is 7.89. The van der Waals surface area contributed by atoms with Crippen LogP contribution in [0.1, 0.15) is 107 Å². The van der Waals surface area contributed by atoms with Crippen molar-refractivity contribution in [3.8, 4) is 11.4 Å². The quantitative estimate of drug-likeness (QED) is 0.257. The lowest BCUT2D eigenvalue weighted by molar-refractivity contribution is 0.0977. The molecule has 0 spiro atoms. The summed E-state index contributed by atoms with van der Waals surface area (Å²) < 4.78 is 0. The van der Waals surface area contributed by atoms with Gasteiger partial charge in [0, 0.05) is 18.2 Å². The molecule has 1 aromatic heterocycles. The molecule has 0 saturated heterocycles. The number of benzene rings is 1. The number of unbranched alkanes of at least 4 members (excludes halogenated alkanes) is 9. The first kappa shape index (κ1) is 24.0. The van der Waals surface area contributed by atoms with Gasteiger partial charge in [-0.3, -0.25) is 9.59 Å². The minimum absolute atomic E-state index is 0.104. The lowest BCUT2D eigenvalue weighted by Crippen LogP contribution is -2.19. The van der Waals surface area contributed by atoms with Gasteiger partial charge in [-0.25, -0.2) is 4.98 Å². The van der Waals surface area contributed by atoms with Gasteiger partial charge in [0.05, 0.1) is 0 Å². The molecule has 0 aliphatic rings. The Labute approximate surface area is 181 Å². The molecule has 1 N–H and O–H groups in total. The van der Waals surface area contributed by atoms with E-state index in [9.17, 15) is 9.59 Å². The average molecular weight is 411 g/mol. The van der Waals surface area contributed by atoms with Crippen molar-refractivity contribution >= 4 is 5.78 Å².